The highest BCUT2D eigenvalue weighted by atomic mass is 16.5. The van der Waals surface area contributed by atoms with Crippen LogP contribution >= 0.6 is 0 Å². The molecule has 0 amide bonds. The predicted octanol–water partition coefficient (Wildman–Crippen LogP) is 1.17. The molecule has 2 saturated heterocycles. The average Bonchev–Trinajstić information content (AvgIpc) is 2.58. The van der Waals surface area contributed by atoms with Gasteiger partial charge in [-0.05, 0) is 38.1 Å². The Morgan fingerprint density at radius 3 is 2.82 bits per heavy atom. The molecule has 2 aliphatic heterocycles. The molecule has 0 unspecified atom stereocenters. The highest BCUT2D eigenvalue weighted by molar-refractivity contribution is 4.82. The number of hydrogen-bond acceptors (Lipinski definition) is 2. The smallest absolute Gasteiger partial charge is 0.0509 e. The first kappa shape index (κ1) is 7.56. The van der Waals surface area contributed by atoms with E-state index in [4.69, 9.17) is 4.74 Å². The Bertz CT molecular complexity index is 115. The van der Waals surface area contributed by atoms with Crippen LogP contribution in [0.15, 0.2) is 0 Å². The van der Waals surface area contributed by atoms with E-state index in [9.17, 15) is 0 Å². The summed E-state index contributed by atoms with van der Waals surface area (Å²) in [6.07, 6.45) is 5.37. The van der Waals surface area contributed by atoms with Crippen LogP contribution < -0.4 is 5.32 Å². The normalized spacial score (nSPS) is 39.3. The number of ether oxygens (including phenoxy) is 1. The van der Waals surface area contributed by atoms with Crippen molar-refractivity contribution < 1.29 is 4.74 Å². The number of nitrogens with one attached hydrogen (secondary N) is 1. The van der Waals surface area contributed by atoms with E-state index in [1.807, 2.05) is 0 Å². The van der Waals surface area contributed by atoms with E-state index in [2.05, 4.69) is 5.32 Å². The van der Waals surface area contributed by atoms with Crippen LogP contribution in [-0.4, -0.2) is 25.8 Å². The lowest BCUT2D eigenvalue weighted by Crippen LogP contribution is -2.35. The summed E-state index contributed by atoms with van der Waals surface area (Å²) in [5.74, 6) is 0.811. The van der Waals surface area contributed by atoms with Crippen LogP contribution in [-0.2, 0) is 4.74 Å². The van der Waals surface area contributed by atoms with E-state index in [0.717, 1.165) is 25.2 Å². The van der Waals surface area contributed by atoms with Gasteiger partial charge < -0.3 is 10.1 Å². The van der Waals surface area contributed by atoms with E-state index >= 15 is 0 Å². The molecule has 1 N–H and O–H groups in total. The molecule has 2 heterocycles. The van der Waals surface area contributed by atoms with Crippen molar-refractivity contribution in [3.05, 3.63) is 0 Å². The third-order valence-corrected chi connectivity index (χ3v) is 2.86. The molecule has 0 radical (unpaired) electrons. The van der Waals surface area contributed by atoms with Gasteiger partial charge in [-0.25, -0.2) is 0 Å². The topological polar surface area (TPSA) is 21.3 Å². The van der Waals surface area contributed by atoms with E-state index < -0.39 is 0 Å². The fourth-order valence-electron chi connectivity index (χ4n) is 2.20. The second kappa shape index (κ2) is 3.55. The van der Waals surface area contributed by atoms with Gasteiger partial charge in [-0.3, -0.25) is 0 Å². The largest absolute Gasteiger partial charge is 0.381 e. The molecule has 64 valence electrons. The second-order valence-corrected chi connectivity index (χ2v) is 3.68. The zero-order chi connectivity index (χ0) is 7.52. The second-order valence-electron chi connectivity index (χ2n) is 3.68. The lowest BCUT2D eigenvalue weighted by molar-refractivity contribution is 0.0422. The van der Waals surface area contributed by atoms with Crippen molar-refractivity contribution in [2.45, 2.75) is 31.7 Å². The molecule has 2 fully saturated rings. The maximum Gasteiger partial charge on any atom is 0.0509 e. The van der Waals surface area contributed by atoms with Crippen molar-refractivity contribution in [3.63, 3.8) is 0 Å². The molecule has 2 nitrogen and oxygen atoms in total. The van der Waals surface area contributed by atoms with E-state index in [0.29, 0.717) is 0 Å². The van der Waals surface area contributed by atoms with Gasteiger partial charge in [-0.15, -0.1) is 0 Å². The summed E-state index contributed by atoms with van der Waals surface area (Å²) in [4.78, 5) is 0. The van der Waals surface area contributed by atoms with Crippen molar-refractivity contribution >= 4 is 0 Å². The van der Waals surface area contributed by atoms with Gasteiger partial charge in [0.1, 0.15) is 0 Å². The third-order valence-electron chi connectivity index (χ3n) is 2.86. The molecule has 2 heteroatoms. The fraction of sp³-hybridized carbons (Fsp3) is 1.00. The molecular weight excluding hydrogens is 138 g/mol. The summed E-state index contributed by atoms with van der Waals surface area (Å²) in [5, 5.41) is 3.55. The Morgan fingerprint density at radius 2 is 2.18 bits per heavy atom. The molecule has 0 aromatic carbocycles. The van der Waals surface area contributed by atoms with Crippen molar-refractivity contribution in [1.82, 2.24) is 5.32 Å². The molecule has 0 bridgehead atoms. The van der Waals surface area contributed by atoms with Gasteiger partial charge in [0.2, 0.25) is 0 Å². The van der Waals surface area contributed by atoms with Crippen LogP contribution in [0.1, 0.15) is 25.7 Å². The van der Waals surface area contributed by atoms with Gasteiger partial charge >= 0.3 is 0 Å². The Kier molecular flexibility index (Phi) is 2.44. The monoisotopic (exact) mass is 155 g/mol. The zero-order valence-electron chi connectivity index (χ0n) is 7.01. The standard InChI is InChI=1S/C9H17NO/c1-4-9(10-5-1)8-3-2-6-11-7-8/h8-10H,1-7H2/t8-,9-/m0/s1. The van der Waals surface area contributed by atoms with Crippen LogP contribution in [0.5, 0.6) is 0 Å². The maximum absolute atomic E-state index is 5.45. The zero-order valence-corrected chi connectivity index (χ0v) is 7.01. The number of rotatable bonds is 1. The lowest BCUT2D eigenvalue weighted by atomic mass is 9.93. The molecule has 0 aromatic rings. The molecule has 0 aliphatic carbocycles. The van der Waals surface area contributed by atoms with Crippen molar-refractivity contribution in [1.29, 1.82) is 0 Å². The third kappa shape index (κ3) is 1.74. The van der Waals surface area contributed by atoms with Crippen LogP contribution in [0.4, 0.5) is 0 Å². The van der Waals surface area contributed by atoms with Gasteiger partial charge in [0.15, 0.2) is 0 Å². The van der Waals surface area contributed by atoms with Gasteiger partial charge in [0.05, 0.1) is 6.61 Å². The van der Waals surface area contributed by atoms with E-state index in [1.54, 1.807) is 0 Å². The quantitative estimate of drug-likeness (QED) is 0.613. The van der Waals surface area contributed by atoms with E-state index in [-0.39, 0.29) is 0 Å². The first-order valence-electron chi connectivity index (χ1n) is 4.78. The van der Waals surface area contributed by atoms with E-state index in [1.165, 1.54) is 32.2 Å². The first-order valence-corrected chi connectivity index (χ1v) is 4.78. The Labute approximate surface area is 68.3 Å². The molecular formula is C9H17NO. The maximum atomic E-state index is 5.45. The first-order chi connectivity index (χ1) is 5.47. The molecule has 0 spiro atoms. The molecule has 0 aromatic heterocycles. The van der Waals surface area contributed by atoms with Gasteiger partial charge in [-0.2, -0.15) is 0 Å². The van der Waals surface area contributed by atoms with Crippen molar-refractivity contribution in [2.75, 3.05) is 19.8 Å². The molecule has 2 rings (SSSR count). The SMILES string of the molecule is C1COC[C@@H]([C@@H]2CCCN2)C1. The van der Waals surface area contributed by atoms with Crippen LogP contribution in [0.25, 0.3) is 0 Å². The van der Waals surface area contributed by atoms with Crippen LogP contribution in [0, 0.1) is 5.92 Å². The average molecular weight is 155 g/mol. The fourth-order valence-corrected chi connectivity index (χ4v) is 2.20. The predicted molar refractivity (Wildman–Crippen MR) is 44.6 cm³/mol. The Balaban J connectivity index is 1.82. The molecule has 2 atom stereocenters. The van der Waals surface area contributed by atoms with Crippen molar-refractivity contribution in [3.8, 4) is 0 Å². The van der Waals surface area contributed by atoms with Gasteiger partial charge in [0, 0.05) is 12.6 Å². The Hall–Kier alpha value is -0.0800. The van der Waals surface area contributed by atoms with Gasteiger partial charge in [0.25, 0.3) is 0 Å². The summed E-state index contributed by atoms with van der Waals surface area (Å²) < 4.78 is 5.45. The van der Waals surface area contributed by atoms with Crippen molar-refractivity contribution in [2.24, 2.45) is 5.92 Å². The highest BCUT2D eigenvalue weighted by Gasteiger charge is 2.25. The highest BCUT2D eigenvalue weighted by Crippen LogP contribution is 2.22. The minimum atomic E-state index is 0.773. The summed E-state index contributed by atoms with van der Waals surface area (Å²) >= 11 is 0. The minimum Gasteiger partial charge on any atom is -0.381 e. The van der Waals surface area contributed by atoms with Gasteiger partial charge in [-0.1, -0.05) is 0 Å². The summed E-state index contributed by atoms with van der Waals surface area (Å²) in [6.45, 7) is 3.21. The molecule has 0 saturated carbocycles. The molecule has 11 heavy (non-hydrogen) atoms. The number of hydrogen-bond donors (Lipinski definition) is 1. The summed E-state index contributed by atoms with van der Waals surface area (Å²) in [5.41, 5.74) is 0. The van der Waals surface area contributed by atoms with Crippen LogP contribution in [0.3, 0.4) is 0 Å². The lowest BCUT2D eigenvalue weighted by Gasteiger charge is -2.27. The summed E-state index contributed by atoms with van der Waals surface area (Å²) in [6, 6.07) is 0.773. The molecule has 2 aliphatic rings. The Morgan fingerprint density at radius 1 is 1.18 bits per heavy atom. The minimum absolute atomic E-state index is 0.773. The summed E-state index contributed by atoms with van der Waals surface area (Å²) in [7, 11) is 0. The van der Waals surface area contributed by atoms with Crippen LogP contribution in [0.2, 0.25) is 0 Å².